The Morgan fingerprint density at radius 3 is 2.69 bits per heavy atom. The van der Waals surface area contributed by atoms with Crippen molar-refractivity contribution in [2.24, 2.45) is 0 Å². The number of hydrogen-bond donors (Lipinski definition) is 0. The third-order valence-electron chi connectivity index (χ3n) is 4.19. The van der Waals surface area contributed by atoms with Crippen LogP contribution in [0.4, 0.5) is 0 Å². The lowest BCUT2D eigenvalue weighted by molar-refractivity contribution is -0.144. The van der Waals surface area contributed by atoms with E-state index in [1.165, 1.54) is 18.2 Å². The normalized spacial score (nSPS) is 15.0. The molecular weight excluding hydrogens is 380 g/mol. The monoisotopic (exact) mass is 396 g/mol. The molecule has 1 unspecified atom stereocenters. The predicted octanol–water partition coefficient (Wildman–Crippen LogP) is 2.72. The molecule has 0 bridgehead atoms. The van der Waals surface area contributed by atoms with Crippen LogP contribution in [0.15, 0.2) is 57.7 Å². The first-order valence-electron chi connectivity index (χ1n) is 8.90. The first-order chi connectivity index (χ1) is 14.0. The van der Waals surface area contributed by atoms with Gasteiger partial charge in [0.15, 0.2) is 11.5 Å². The molecule has 2 heterocycles. The summed E-state index contributed by atoms with van der Waals surface area (Å²) >= 11 is 0. The summed E-state index contributed by atoms with van der Waals surface area (Å²) in [6, 6.07) is 12.9. The van der Waals surface area contributed by atoms with Gasteiger partial charge in [-0.3, -0.25) is 0 Å². The molecule has 4 rings (SSSR count). The molecule has 0 amide bonds. The van der Waals surface area contributed by atoms with Crippen molar-refractivity contribution in [3.05, 3.63) is 64.5 Å². The number of carbonyl (C=O) groups excluding carboxylic acids is 2. The van der Waals surface area contributed by atoms with Gasteiger partial charge in [0.05, 0.1) is 6.61 Å². The lowest BCUT2D eigenvalue weighted by Crippen LogP contribution is -2.39. The number of para-hydroxylation sites is 2. The zero-order valence-electron chi connectivity index (χ0n) is 15.4. The Labute approximate surface area is 164 Å². The standard InChI is InChI=1S/C21H16O8/c1-2-25-19(22)14-9-12-7-8-13(10-17(12)29-20(14)23)27-21(24)18-11-26-15-5-3-4-6-16(15)28-18/h3-10,18H,2,11H2,1H3. The molecule has 3 aromatic rings. The second-order valence-corrected chi connectivity index (χ2v) is 6.15. The van der Waals surface area contributed by atoms with Crippen LogP contribution in [0.2, 0.25) is 0 Å². The van der Waals surface area contributed by atoms with Crippen LogP contribution in [0.25, 0.3) is 11.0 Å². The van der Waals surface area contributed by atoms with Gasteiger partial charge in [0.1, 0.15) is 23.5 Å². The summed E-state index contributed by atoms with van der Waals surface area (Å²) in [6.45, 7) is 1.80. The van der Waals surface area contributed by atoms with Gasteiger partial charge in [-0.2, -0.15) is 0 Å². The van der Waals surface area contributed by atoms with E-state index in [0.29, 0.717) is 16.9 Å². The molecule has 29 heavy (non-hydrogen) atoms. The number of ether oxygens (including phenoxy) is 4. The summed E-state index contributed by atoms with van der Waals surface area (Å²) in [5, 5.41) is 0.485. The molecule has 0 spiro atoms. The summed E-state index contributed by atoms with van der Waals surface area (Å²) in [6.07, 6.45) is -0.932. The molecule has 0 saturated heterocycles. The van der Waals surface area contributed by atoms with Gasteiger partial charge in [-0.25, -0.2) is 14.4 Å². The van der Waals surface area contributed by atoms with Crippen LogP contribution in [0.1, 0.15) is 17.3 Å². The molecule has 0 radical (unpaired) electrons. The van der Waals surface area contributed by atoms with Crippen molar-refractivity contribution in [1.29, 1.82) is 0 Å². The number of esters is 2. The fourth-order valence-electron chi connectivity index (χ4n) is 2.82. The van der Waals surface area contributed by atoms with Crippen molar-refractivity contribution in [3.63, 3.8) is 0 Å². The number of fused-ring (bicyclic) bond motifs is 2. The quantitative estimate of drug-likeness (QED) is 0.377. The highest BCUT2D eigenvalue weighted by atomic mass is 16.6. The Balaban J connectivity index is 1.53. The largest absolute Gasteiger partial charge is 0.485 e. The molecule has 0 N–H and O–H groups in total. The number of benzene rings is 2. The molecule has 1 aromatic heterocycles. The Morgan fingerprint density at radius 1 is 1.10 bits per heavy atom. The van der Waals surface area contributed by atoms with Crippen molar-refractivity contribution in [1.82, 2.24) is 0 Å². The van der Waals surface area contributed by atoms with E-state index in [1.54, 1.807) is 37.3 Å². The maximum absolute atomic E-state index is 12.4. The zero-order chi connectivity index (χ0) is 20.4. The first kappa shape index (κ1) is 18.5. The molecule has 1 atom stereocenters. The van der Waals surface area contributed by atoms with E-state index in [2.05, 4.69) is 0 Å². The van der Waals surface area contributed by atoms with E-state index in [1.807, 2.05) is 0 Å². The van der Waals surface area contributed by atoms with Crippen LogP contribution in [-0.4, -0.2) is 31.3 Å². The zero-order valence-corrected chi connectivity index (χ0v) is 15.4. The molecule has 1 aliphatic heterocycles. The Kier molecular flexibility index (Phi) is 4.90. The average molecular weight is 396 g/mol. The summed E-state index contributed by atoms with van der Waals surface area (Å²) < 4.78 is 26.5. The van der Waals surface area contributed by atoms with Crippen molar-refractivity contribution >= 4 is 22.9 Å². The minimum Gasteiger partial charge on any atom is -0.485 e. The molecule has 2 aromatic carbocycles. The van der Waals surface area contributed by atoms with E-state index in [9.17, 15) is 14.4 Å². The fraction of sp³-hybridized carbons (Fsp3) is 0.190. The van der Waals surface area contributed by atoms with E-state index < -0.39 is 23.7 Å². The van der Waals surface area contributed by atoms with Gasteiger partial charge in [0.25, 0.3) is 0 Å². The molecule has 1 aliphatic rings. The van der Waals surface area contributed by atoms with Gasteiger partial charge in [0.2, 0.25) is 6.10 Å². The van der Waals surface area contributed by atoms with Gasteiger partial charge >= 0.3 is 17.6 Å². The second-order valence-electron chi connectivity index (χ2n) is 6.15. The minimum atomic E-state index is -0.932. The molecule has 148 valence electrons. The van der Waals surface area contributed by atoms with Gasteiger partial charge < -0.3 is 23.4 Å². The molecule has 0 aliphatic carbocycles. The summed E-state index contributed by atoms with van der Waals surface area (Å²) in [5.74, 6) is -0.229. The molecule has 8 heteroatoms. The lowest BCUT2D eigenvalue weighted by atomic mass is 10.2. The van der Waals surface area contributed by atoms with Crippen LogP contribution in [0, 0.1) is 0 Å². The summed E-state index contributed by atoms with van der Waals surface area (Å²) in [7, 11) is 0. The second kappa shape index (κ2) is 7.67. The van der Waals surface area contributed by atoms with Crippen LogP contribution in [0.3, 0.4) is 0 Å². The number of hydrogen-bond acceptors (Lipinski definition) is 8. The molecule has 0 fully saturated rings. The lowest BCUT2D eigenvalue weighted by Gasteiger charge is -2.24. The third-order valence-corrected chi connectivity index (χ3v) is 4.19. The van der Waals surface area contributed by atoms with Crippen molar-refractivity contribution < 1.29 is 33.0 Å². The maximum atomic E-state index is 12.4. The van der Waals surface area contributed by atoms with Crippen LogP contribution < -0.4 is 19.8 Å². The van der Waals surface area contributed by atoms with Gasteiger partial charge in [0, 0.05) is 11.5 Å². The minimum absolute atomic E-state index is 0.0153. The average Bonchev–Trinajstić information content (AvgIpc) is 2.73. The van der Waals surface area contributed by atoms with Crippen LogP contribution >= 0.6 is 0 Å². The Hall–Kier alpha value is -3.81. The topological polar surface area (TPSA) is 101 Å². The molecule has 8 nitrogen and oxygen atoms in total. The van der Waals surface area contributed by atoms with E-state index in [4.69, 9.17) is 23.4 Å². The SMILES string of the molecule is CCOC(=O)c1cc2ccc(OC(=O)C3COc4ccccc4O3)cc2oc1=O. The molecule has 0 saturated carbocycles. The maximum Gasteiger partial charge on any atom is 0.356 e. The Morgan fingerprint density at radius 2 is 1.90 bits per heavy atom. The van der Waals surface area contributed by atoms with Gasteiger partial charge in [-0.15, -0.1) is 0 Å². The van der Waals surface area contributed by atoms with Crippen molar-refractivity contribution in [2.45, 2.75) is 13.0 Å². The molecular formula is C21H16O8. The first-order valence-corrected chi connectivity index (χ1v) is 8.90. The summed E-state index contributed by atoms with van der Waals surface area (Å²) in [5.41, 5.74) is -0.866. The smallest absolute Gasteiger partial charge is 0.356 e. The van der Waals surface area contributed by atoms with Gasteiger partial charge in [-0.1, -0.05) is 12.1 Å². The predicted molar refractivity (Wildman–Crippen MR) is 100 cm³/mol. The van der Waals surface area contributed by atoms with Crippen molar-refractivity contribution in [3.8, 4) is 17.2 Å². The van der Waals surface area contributed by atoms with Gasteiger partial charge in [-0.05, 0) is 37.3 Å². The highest BCUT2D eigenvalue weighted by molar-refractivity contribution is 5.93. The highest BCUT2D eigenvalue weighted by Gasteiger charge is 2.29. The van der Waals surface area contributed by atoms with E-state index in [0.717, 1.165) is 0 Å². The number of rotatable bonds is 4. The van der Waals surface area contributed by atoms with E-state index >= 15 is 0 Å². The third kappa shape index (κ3) is 3.77. The summed E-state index contributed by atoms with van der Waals surface area (Å²) in [4.78, 5) is 36.3. The van der Waals surface area contributed by atoms with E-state index in [-0.39, 0.29) is 30.1 Å². The van der Waals surface area contributed by atoms with Crippen LogP contribution in [-0.2, 0) is 9.53 Å². The van der Waals surface area contributed by atoms with Crippen molar-refractivity contribution in [2.75, 3.05) is 13.2 Å². The highest BCUT2D eigenvalue weighted by Crippen LogP contribution is 2.31. The number of carbonyl (C=O) groups is 2. The van der Waals surface area contributed by atoms with Crippen LogP contribution in [0.5, 0.6) is 17.2 Å². The Bertz CT molecular complexity index is 1150. The fourth-order valence-corrected chi connectivity index (χ4v) is 2.82.